The molecule has 0 amide bonds. The Bertz CT molecular complexity index is 303. The summed E-state index contributed by atoms with van der Waals surface area (Å²) in [5.41, 5.74) is 9.10. The third kappa shape index (κ3) is 2.16. The van der Waals surface area contributed by atoms with Gasteiger partial charge in [0.2, 0.25) is 0 Å². The van der Waals surface area contributed by atoms with Crippen LogP contribution in [0.15, 0.2) is 29.3 Å². The Kier molecular flexibility index (Phi) is 3.65. The molecule has 13 heavy (non-hydrogen) atoms. The molecule has 0 fully saturated rings. The fourth-order valence-electron chi connectivity index (χ4n) is 1.43. The quantitative estimate of drug-likeness (QED) is 0.698. The van der Waals surface area contributed by atoms with Crippen molar-refractivity contribution in [1.29, 1.82) is 0 Å². The molecule has 0 atom stereocenters. The van der Waals surface area contributed by atoms with Gasteiger partial charge in [0, 0.05) is 13.6 Å². The van der Waals surface area contributed by atoms with Crippen molar-refractivity contribution in [1.82, 2.24) is 0 Å². The summed E-state index contributed by atoms with van der Waals surface area (Å²) in [6.45, 7) is 2.65. The predicted molar refractivity (Wildman–Crippen MR) is 57.3 cm³/mol. The number of nitrogens with two attached hydrogens (primary N) is 1. The lowest BCUT2D eigenvalue weighted by Crippen LogP contribution is -2.16. The minimum absolute atomic E-state index is 0.507. The largest absolute Gasteiger partial charge is 0.325 e. The van der Waals surface area contributed by atoms with Gasteiger partial charge in [-0.25, -0.2) is 0 Å². The van der Waals surface area contributed by atoms with Crippen molar-refractivity contribution >= 4 is 5.71 Å². The maximum absolute atomic E-state index is 5.61. The van der Waals surface area contributed by atoms with Crippen LogP contribution in [0.1, 0.15) is 18.1 Å². The second-order valence-electron chi connectivity index (χ2n) is 2.89. The SMILES string of the molecule is CCc1ccccc1C(CN)=NC. The molecule has 0 bridgehead atoms. The fraction of sp³-hybridized carbons (Fsp3) is 0.364. The molecule has 0 aliphatic heterocycles. The molecule has 0 saturated heterocycles. The lowest BCUT2D eigenvalue weighted by atomic mass is 10.0. The van der Waals surface area contributed by atoms with E-state index in [2.05, 4.69) is 24.0 Å². The van der Waals surface area contributed by atoms with Crippen LogP contribution in [0.5, 0.6) is 0 Å². The summed E-state index contributed by atoms with van der Waals surface area (Å²) in [5, 5.41) is 0. The Hall–Kier alpha value is -1.15. The molecule has 2 heteroatoms. The van der Waals surface area contributed by atoms with Crippen LogP contribution in [0.3, 0.4) is 0 Å². The highest BCUT2D eigenvalue weighted by molar-refractivity contribution is 6.03. The molecule has 0 aliphatic carbocycles. The van der Waals surface area contributed by atoms with Crippen LogP contribution >= 0.6 is 0 Å². The van der Waals surface area contributed by atoms with Gasteiger partial charge in [-0.05, 0) is 17.5 Å². The third-order valence-corrected chi connectivity index (χ3v) is 2.17. The minimum Gasteiger partial charge on any atom is -0.325 e. The Balaban J connectivity index is 3.12. The van der Waals surface area contributed by atoms with Crippen LogP contribution in [-0.2, 0) is 6.42 Å². The van der Waals surface area contributed by atoms with Gasteiger partial charge in [-0.1, -0.05) is 31.2 Å². The minimum atomic E-state index is 0.507. The molecular weight excluding hydrogens is 160 g/mol. The molecule has 2 nitrogen and oxygen atoms in total. The molecule has 70 valence electrons. The first kappa shape index (κ1) is 9.93. The first-order valence-corrected chi connectivity index (χ1v) is 4.57. The second-order valence-corrected chi connectivity index (χ2v) is 2.89. The Morgan fingerprint density at radius 2 is 2.08 bits per heavy atom. The van der Waals surface area contributed by atoms with Gasteiger partial charge in [0.25, 0.3) is 0 Å². The number of nitrogens with zero attached hydrogens (tertiary/aromatic N) is 1. The second kappa shape index (κ2) is 4.77. The highest BCUT2D eigenvalue weighted by Crippen LogP contribution is 2.10. The van der Waals surface area contributed by atoms with Gasteiger partial charge in [0.15, 0.2) is 0 Å². The zero-order valence-corrected chi connectivity index (χ0v) is 8.25. The van der Waals surface area contributed by atoms with Crippen molar-refractivity contribution in [3.8, 4) is 0 Å². The topological polar surface area (TPSA) is 38.4 Å². The number of aryl methyl sites for hydroxylation is 1. The number of hydrogen-bond donors (Lipinski definition) is 1. The Morgan fingerprint density at radius 3 is 2.62 bits per heavy atom. The highest BCUT2D eigenvalue weighted by Gasteiger charge is 2.04. The van der Waals surface area contributed by atoms with Crippen molar-refractivity contribution in [3.05, 3.63) is 35.4 Å². The van der Waals surface area contributed by atoms with Gasteiger partial charge >= 0.3 is 0 Å². The standard InChI is InChI=1S/C11H16N2/c1-3-9-6-4-5-7-10(9)11(8-12)13-2/h4-7H,3,8,12H2,1-2H3. The summed E-state index contributed by atoms with van der Waals surface area (Å²) in [4.78, 5) is 4.18. The van der Waals surface area contributed by atoms with E-state index in [4.69, 9.17) is 5.73 Å². The summed E-state index contributed by atoms with van der Waals surface area (Å²) >= 11 is 0. The summed E-state index contributed by atoms with van der Waals surface area (Å²) < 4.78 is 0. The van der Waals surface area contributed by atoms with E-state index in [1.807, 2.05) is 12.1 Å². The molecule has 0 aromatic heterocycles. The molecule has 1 rings (SSSR count). The first-order valence-electron chi connectivity index (χ1n) is 4.57. The van der Waals surface area contributed by atoms with Crippen LogP contribution in [-0.4, -0.2) is 19.3 Å². The lowest BCUT2D eigenvalue weighted by molar-refractivity contribution is 1.12. The van der Waals surface area contributed by atoms with E-state index >= 15 is 0 Å². The van der Waals surface area contributed by atoms with Crippen molar-refractivity contribution < 1.29 is 0 Å². The van der Waals surface area contributed by atoms with E-state index in [0.717, 1.165) is 12.1 Å². The monoisotopic (exact) mass is 176 g/mol. The molecule has 0 unspecified atom stereocenters. The van der Waals surface area contributed by atoms with Gasteiger partial charge in [-0.3, -0.25) is 4.99 Å². The van der Waals surface area contributed by atoms with E-state index < -0.39 is 0 Å². The molecular formula is C11H16N2. The van der Waals surface area contributed by atoms with E-state index in [0.29, 0.717) is 6.54 Å². The van der Waals surface area contributed by atoms with Gasteiger partial charge in [0.05, 0.1) is 5.71 Å². The van der Waals surface area contributed by atoms with E-state index in [1.165, 1.54) is 11.1 Å². The Labute approximate surface area is 79.5 Å². The van der Waals surface area contributed by atoms with Crippen LogP contribution in [0.2, 0.25) is 0 Å². The molecule has 1 aromatic carbocycles. The molecule has 0 saturated carbocycles. The molecule has 0 heterocycles. The van der Waals surface area contributed by atoms with Gasteiger partial charge in [0.1, 0.15) is 0 Å². The predicted octanol–water partition coefficient (Wildman–Crippen LogP) is 1.63. The zero-order chi connectivity index (χ0) is 9.68. The smallest absolute Gasteiger partial charge is 0.0555 e. The van der Waals surface area contributed by atoms with E-state index in [-0.39, 0.29) is 0 Å². The van der Waals surface area contributed by atoms with Gasteiger partial charge < -0.3 is 5.73 Å². The fourth-order valence-corrected chi connectivity index (χ4v) is 1.43. The summed E-state index contributed by atoms with van der Waals surface area (Å²) in [5.74, 6) is 0. The van der Waals surface area contributed by atoms with Crippen LogP contribution in [0, 0.1) is 0 Å². The van der Waals surface area contributed by atoms with E-state index in [1.54, 1.807) is 7.05 Å². The van der Waals surface area contributed by atoms with Crippen molar-refractivity contribution in [2.75, 3.05) is 13.6 Å². The Morgan fingerprint density at radius 1 is 1.38 bits per heavy atom. The normalized spacial score (nSPS) is 11.8. The summed E-state index contributed by atoms with van der Waals surface area (Å²) in [7, 11) is 1.79. The molecule has 0 radical (unpaired) electrons. The van der Waals surface area contributed by atoms with Crippen LogP contribution in [0.25, 0.3) is 0 Å². The first-order chi connectivity index (χ1) is 6.33. The highest BCUT2D eigenvalue weighted by atomic mass is 14.7. The molecule has 1 aromatic rings. The summed E-state index contributed by atoms with van der Waals surface area (Å²) in [6, 6.07) is 8.27. The molecule has 0 aliphatic rings. The summed E-state index contributed by atoms with van der Waals surface area (Å²) in [6.07, 6.45) is 1.02. The van der Waals surface area contributed by atoms with Crippen molar-refractivity contribution in [3.63, 3.8) is 0 Å². The number of aliphatic imine (C=N–C) groups is 1. The number of hydrogen-bond acceptors (Lipinski definition) is 2. The average molecular weight is 176 g/mol. The van der Waals surface area contributed by atoms with Gasteiger partial charge in [-0.15, -0.1) is 0 Å². The van der Waals surface area contributed by atoms with E-state index in [9.17, 15) is 0 Å². The van der Waals surface area contributed by atoms with Crippen LogP contribution < -0.4 is 5.73 Å². The van der Waals surface area contributed by atoms with Gasteiger partial charge in [-0.2, -0.15) is 0 Å². The zero-order valence-electron chi connectivity index (χ0n) is 8.25. The third-order valence-electron chi connectivity index (χ3n) is 2.17. The number of benzene rings is 1. The van der Waals surface area contributed by atoms with Crippen molar-refractivity contribution in [2.24, 2.45) is 10.7 Å². The van der Waals surface area contributed by atoms with Crippen molar-refractivity contribution in [2.45, 2.75) is 13.3 Å². The molecule has 2 N–H and O–H groups in total. The average Bonchev–Trinajstić information content (AvgIpc) is 2.20. The maximum atomic E-state index is 5.61. The van der Waals surface area contributed by atoms with Crippen LogP contribution in [0.4, 0.5) is 0 Å². The number of rotatable bonds is 3. The lowest BCUT2D eigenvalue weighted by Gasteiger charge is -2.07. The molecule has 0 spiro atoms. The maximum Gasteiger partial charge on any atom is 0.0555 e.